The summed E-state index contributed by atoms with van der Waals surface area (Å²) < 4.78 is 11.3. The van der Waals surface area contributed by atoms with Gasteiger partial charge in [-0.25, -0.2) is 0 Å². The molecule has 4 nitrogen and oxygen atoms in total. The van der Waals surface area contributed by atoms with Crippen LogP contribution in [0.15, 0.2) is 27.2 Å². The van der Waals surface area contributed by atoms with Crippen molar-refractivity contribution in [2.75, 3.05) is 7.11 Å². The van der Waals surface area contributed by atoms with Crippen molar-refractivity contribution in [3.8, 4) is 17.2 Å². The van der Waals surface area contributed by atoms with Gasteiger partial charge in [-0.3, -0.25) is 0 Å². The van der Waals surface area contributed by atoms with Crippen molar-refractivity contribution >= 4 is 15.9 Å². The molecule has 0 atom stereocenters. The minimum Gasteiger partial charge on any atom is -0.496 e. The largest absolute Gasteiger partial charge is 0.496 e. The highest BCUT2D eigenvalue weighted by atomic mass is 79.9. The smallest absolute Gasteiger partial charge is 0.261 e. The lowest BCUT2D eigenvalue weighted by Gasteiger charge is -2.04. The Morgan fingerprint density at radius 1 is 1.40 bits per heavy atom. The Morgan fingerprint density at radius 2 is 2.20 bits per heavy atom. The van der Waals surface area contributed by atoms with Crippen molar-refractivity contribution in [1.29, 1.82) is 0 Å². The third kappa shape index (κ3) is 2.02. The van der Waals surface area contributed by atoms with Crippen LogP contribution in [0, 0.1) is 6.92 Å². The number of hydrogen-bond acceptors (Lipinski definition) is 4. The molecular formula is C10H9BrN2O2. The first kappa shape index (κ1) is 10.2. The summed E-state index contributed by atoms with van der Waals surface area (Å²) >= 11 is 3.37. The quantitative estimate of drug-likeness (QED) is 0.841. The molecule has 1 heterocycles. The number of nitrogens with zero attached hydrogens (tertiary/aromatic N) is 2. The van der Waals surface area contributed by atoms with E-state index in [0.717, 1.165) is 10.0 Å². The van der Waals surface area contributed by atoms with Crippen LogP contribution in [0.1, 0.15) is 5.82 Å². The van der Waals surface area contributed by atoms with Crippen LogP contribution < -0.4 is 4.74 Å². The van der Waals surface area contributed by atoms with Gasteiger partial charge in [0.25, 0.3) is 5.89 Å². The fraction of sp³-hybridized carbons (Fsp3) is 0.200. The highest BCUT2D eigenvalue weighted by Crippen LogP contribution is 2.31. The molecule has 2 rings (SSSR count). The van der Waals surface area contributed by atoms with E-state index >= 15 is 0 Å². The lowest BCUT2D eigenvalue weighted by Crippen LogP contribution is -1.88. The predicted octanol–water partition coefficient (Wildman–Crippen LogP) is 2.82. The van der Waals surface area contributed by atoms with Crippen LogP contribution in [0.4, 0.5) is 0 Å². The van der Waals surface area contributed by atoms with Crippen molar-refractivity contribution in [1.82, 2.24) is 10.1 Å². The number of aryl methyl sites for hydroxylation is 1. The Morgan fingerprint density at radius 3 is 2.80 bits per heavy atom. The molecule has 1 aromatic heterocycles. The maximum atomic E-state index is 5.23. The molecule has 0 bridgehead atoms. The molecule has 0 aliphatic carbocycles. The van der Waals surface area contributed by atoms with Crippen LogP contribution in [0.5, 0.6) is 5.75 Å². The molecule has 15 heavy (non-hydrogen) atoms. The van der Waals surface area contributed by atoms with Crippen molar-refractivity contribution < 1.29 is 9.26 Å². The molecule has 5 heteroatoms. The zero-order valence-corrected chi connectivity index (χ0v) is 9.91. The van der Waals surface area contributed by atoms with E-state index in [-0.39, 0.29) is 0 Å². The van der Waals surface area contributed by atoms with Crippen molar-refractivity contribution in [3.63, 3.8) is 0 Å². The lowest BCUT2D eigenvalue weighted by atomic mass is 10.2. The van der Waals surface area contributed by atoms with E-state index in [1.807, 2.05) is 18.2 Å². The third-order valence-electron chi connectivity index (χ3n) is 1.92. The summed E-state index contributed by atoms with van der Waals surface area (Å²) in [5, 5.41) is 3.74. The molecule has 0 spiro atoms. The van der Waals surface area contributed by atoms with Gasteiger partial charge in [-0.1, -0.05) is 21.1 Å². The van der Waals surface area contributed by atoms with E-state index in [1.54, 1.807) is 14.0 Å². The average Bonchev–Trinajstić information content (AvgIpc) is 2.64. The van der Waals surface area contributed by atoms with Gasteiger partial charge in [-0.05, 0) is 25.1 Å². The molecule has 0 aliphatic heterocycles. The first-order chi connectivity index (χ1) is 7.20. The fourth-order valence-corrected chi connectivity index (χ4v) is 1.59. The van der Waals surface area contributed by atoms with Gasteiger partial charge in [0.1, 0.15) is 5.75 Å². The molecule has 2 aromatic rings. The highest BCUT2D eigenvalue weighted by molar-refractivity contribution is 9.10. The molecule has 0 amide bonds. The second-order valence-electron chi connectivity index (χ2n) is 2.99. The Kier molecular flexibility index (Phi) is 2.73. The number of ether oxygens (including phenoxy) is 1. The summed E-state index contributed by atoms with van der Waals surface area (Å²) in [6.45, 7) is 1.78. The Hall–Kier alpha value is -1.36. The number of hydrogen-bond donors (Lipinski definition) is 0. The van der Waals surface area contributed by atoms with E-state index < -0.39 is 0 Å². The van der Waals surface area contributed by atoms with Gasteiger partial charge >= 0.3 is 0 Å². The standard InChI is InChI=1S/C10H9BrN2O2/c1-6-12-10(15-13-6)8-4-3-7(11)5-9(8)14-2/h3-5H,1-2H3. The van der Waals surface area contributed by atoms with Crippen molar-refractivity contribution in [2.24, 2.45) is 0 Å². The van der Waals surface area contributed by atoms with Crippen LogP contribution in [0.25, 0.3) is 11.5 Å². The predicted molar refractivity (Wildman–Crippen MR) is 58.7 cm³/mol. The normalized spacial score (nSPS) is 10.3. The van der Waals surface area contributed by atoms with Gasteiger partial charge in [0.15, 0.2) is 5.82 Å². The summed E-state index contributed by atoms with van der Waals surface area (Å²) in [4.78, 5) is 4.15. The number of benzene rings is 1. The molecule has 0 radical (unpaired) electrons. The number of rotatable bonds is 2. The van der Waals surface area contributed by atoms with Gasteiger partial charge < -0.3 is 9.26 Å². The maximum Gasteiger partial charge on any atom is 0.261 e. The van der Waals surface area contributed by atoms with Crippen LogP contribution in [-0.4, -0.2) is 17.3 Å². The van der Waals surface area contributed by atoms with Gasteiger partial charge in [0.05, 0.1) is 12.7 Å². The second-order valence-corrected chi connectivity index (χ2v) is 3.91. The van der Waals surface area contributed by atoms with E-state index in [0.29, 0.717) is 17.5 Å². The van der Waals surface area contributed by atoms with Crippen molar-refractivity contribution in [2.45, 2.75) is 6.92 Å². The molecule has 0 unspecified atom stereocenters. The third-order valence-corrected chi connectivity index (χ3v) is 2.41. The monoisotopic (exact) mass is 268 g/mol. The molecule has 0 saturated carbocycles. The van der Waals surface area contributed by atoms with Crippen LogP contribution in [0.3, 0.4) is 0 Å². The Bertz CT molecular complexity index is 482. The molecule has 0 fully saturated rings. The van der Waals surface area contributed by atoms with Gasteiger partial charge in [-0.2, -0.15) is 4.98 Å². The Balaban J connectivity index is 2.52. The molecular weight excluding hydrogens is 260 g/mol. The zero-order chi connectivity index (χ0) is 10.8. The van der Waals surface area contributed by atoms with Gasteiger partial charge in [-0.15, -0.1) is 0 Å². The first-order valence-corrected chi connectivity index (χ1v) is 5.14. The topological polar surface area (TPSA) is 48.2 Å². The molecule has 0 aliphatic rings. The SMILES string of the molecule is COc1cc(Br)ccc1-c1nc(C)no1. The van der Waals surface area contributed by atoms with Crippen LogP contribution >= 0.6 is 15.9 Å². The van der Waals surface area contributed by atoms with Crippen LogP contribution in [-0.2, 0) is 0 Å². The van der Waals surface area contributed by atoms with E-state index in [4.69, 9.17) is 9.26 Å². The van der Waals surface area contributed by atoms with E-state index in [1.165, 1.54) is 0 Å². The van der Waals surface area contributed by atoms with Gasteiger partial charge in [0.2, 0.25) is 0 Å². The fourth-order valence-electron chi connectivity index (χ4n) is 1.25. The summed E-state index contributed by atoms with van der Waals surface area (Å²) in [5.74, 6) is 1.78. The van der Waals surface area contributed by atoms with Crippen molar-refractivity contribution in [3.05, 3.63) is 28.5 Å². The number of aromatic nitrogens is 2. The molecule has 0 N–H and O–H groups in total. The molecule has 0 saturated heterocycles. The minimum absolute atomic E-state index is 0.469. The second kappa shape index (κ2) is 4.02. The summed E-state index contributed by atoms with van der Waals surface area (Å²) in [6, 6.07) is 5.63. The maximum absolute atomic E-state index is 5.23. The van der Waals surface area contributed by atoms with E-state index in [2.05, 4.69) is 26.1 Å². The molecule has 1 aromatic carbocycles. The summed E-state index contributed by atoms with van der Waals surface area (Å²) in [6.07, 6.45) is 0. The number of halogens is 1. The summed E-state index contributed by atoms with van der Waals surface area (Å²) in [5.41, 5.74) is 0.793. The highest BCUT2D eigenvalue weighted by Gasteiger charge is 2.12. The van der Waals surface area contributed by atoms with Crippen LogP contribution in [0.2, 0.25) is 0 Å². The molecule has 78 valence electrons. The van der Waals surface area contributed by atoms with E-state index in [9.17, 15) is 0 Å². The minimum atomic E-state index is 0.469. The average molecular weight is 269 g/mol. The number of methoxy groups -OCH3 is 1. The zero-order valence-electron chi connectivity index (χ0n) is 8.32. The van der Waals surface area contributed by atoms with Gasteiger partial charge in [0, 0.05) is 4.47 Å². The Labute approximate surface area is 95.4 Å². The lowest BCUT2D eigenvalue weighted by molar-refractivity contribution is 0.403. The summed E-state index contributed by atoms with van der Waals surface area (Å²) in [7, 11) is 1.61. The first-order valence-electron chi connectivity index (χ1n) is 4.35.